The zero-order chi connectivity index (χ0) is 25.1. The van der Waals surface area contributed by atoms with Gasteiger partial charge in [-0.3, -0.25) is 9.59 Å². The molecule has 0 saturated carbocycles. The van der Waals surface area contributed by atoms with Crippen LogP contribution >= 0.6 is 0 Å². The van der Waals surface area contributed by atoms with Crippen molar-refractivity contribution in [3.8, 4) is 17.2 Å². The zero-order valence-electron chi connectivity index (χ0n) is 20.5. The monoisotopic (exact) mass is 475 g/mol. The van der Waals surface area contributed by atoms with E-state index in [9.17, 15) is 9.59 Å². The lowest BCUT2D eigenvalue weighted by Gasteiger charge is -2.15. The molecule has 0 radical (unpaired) electrons. The molecule has 4 rings (SSSR count). The van der Waals surface area contributed by atoms with Gasteiger partial charge < -0.3 is 14.8 Å². The maximum absolute atomic E-state index is 13.3. The number of hydrogen-bond donors (Lipinski definition) is 1. The first-order valence-corrected chi connectivity index (χ1v) is 11.4. The second-order valence-electron chi connectivity index (χ2n) is 8.29. The summed E-state index contributed by atoms with van der Waals surface area (Å²) >= 11 is 0. The molecular formula is C26H29N5O4. The highest BCUT2D eigenvalue weighted by atomic mass is 16.5. The Hall–Kier alpha value is -4.14. The summed E-state index contributed by atoms with van der Waals surface area (Å²) in [5.41, 5.74) is 3.12. The van der Waals surface area contributed by atoms with E-state index in [1.807, 2.05) is 62.4 Å². The average molecular weight is 476 g/mol. The molecule has 0 bridgehead atoms. The molecule has 4 aromatic rings. The first kappa shape index (κ1) is 24.0. The molecule has 1 atom stereocenters. The SMILES string of the molecule is COc1ccc(OC)c(CCNC(=O)[C@@H](C)n2nc(C)c3c(C)n(-c4ccccc4)nc3c2=O)c1. The second kappa shape index (κ2) is 10.0. The van der Waals surface area contributed by atoms with Crippen molar-refractivity contribution in [2.24, 2.45) is 0 Å². The van der Waals surface area contributed by atoms with Gasteiger partial charge >= 0.3 is 0 Å². The molecule has 0 unspecified atom stereocenters. The standard InChI is InChI=1S/C26H29N5O4/c1-16-23-17(2)30(20-9-7-6-8-10-20)29-24(23)26(33)31(28-16)18(3)25(32)27-14-13-19-15-21(34-4)11-12-22(19)35-5/h6-12,15,18H,13-14H2,1-5H3,(H,27,32)/t18-/m1/s1. The number of nitrogens with one attached hydrogen (secondary N) is 1. The lowest BCUT2D eigenvalue weighted by molar-refractivity contribution is -0.124. The van der Waals surface area contributed by atoms with Crippen LogP contribution in [0.4, 0.5) is 0 Å². The molecule has 1 amide bonds. The van der Waals surface area contributed by atoms with E-state index >= 15 is 0 Å². The van der Waals surface area contributed by atoms with Gasteiger partial charge in [0, 0.05) is 6.54 Å². The summed E-state index contributed by atoms with van der Waals surface area (Å²) in [6, 6.07) is 14.3. The predicted molar refractivity (Wildman–Crippen MR) is 134 cm³/mol. The number of nitrogens with zero attached hydrogens (tertiary/aromatic N) is 4. The molecule has 0 fully saturated rings. The Labute approximate surface area is 203 Å². The Kier molecular flexibility index (Phi) is 6.86. The third-order valence-electron chi connectivity index (χ3n) is 6.07. The highest BCUT2D eigenvalue weighted by Gasteiger charge is 2.23. The fraction of sp³-hybridized carbons (Fsp3) is 0.308. The fourth-order valence-electron chi connectivity index (χ4n) is 4.19. The van der Waals surface area contributed by atoms with E-state index in [2.05, 4.69) is 15.5 Å². The number of hydrogen-bond acceptors (Lipinski definition) is 6. The van der Waals surface area contributed by atoms with Crippen molar-refractivity contribution in [2.75, 3.05) is 20.8 Å². The summed E-state index contributed by atoms with van der Waals surface area (Å²) in [6.45, 7) is 5.75. The van der Waals surface area contributed by atoms with Crippen molar-refractivity contribution in [3.63, 3.8) is 0 Å². The van der Waals surface area contributed by atoms with Crippen molar-refractivity contribution >= 4 is 16.8 Å². The number of carbonyl (C=O) groups excluding carboxylic acids is 1. The van der Waals surface area contributed by atoms with E-state index in [1.54, 1.807) is 25.8 Å². The topological polar surface area (TPSA) is 100 Å². The number of methoxy groups -OCH3 is 2. The Morgan fingerprint density at radius 1 is 1.06 bits per heavy atom. The molecule has 0 spiro atoms. The quantitative estimate of drug-likeness (QED) is 0.420. The van der Waals surface area contributed by atoms with Gasteiger partial charge in [-0.1, -0.05) is 18.2 Å². The number of para-hydroxylation sites is 1. The molecular weight excluding hydrogens is 446 g/mol. The predicted octanol–water partition coefficient (Wildman–Crippen LogP) is 3.14. The molecule has 2 aromatic heterocycles. The number of rotatable bonds is 8. The van der Waals surface area contributed by atoms with Gasteiger partial charge in [0.1, 0.15) is 17.5 Å². The summed E-state index contributed by atoms with van der Waals surface area (Å²) in [5.74, 6) is 1.13. The van der Waals surface area contributed by atoms with Crippen LogP contribution in [0.1, 0.15) is 29.9 Å². The lowest BCUT2D eigenvalue weighted by Crippen LogP contribution is -2.38. The summed E-state index contributed by atoms with van der Waals surface area (Å²) < 4.78 is 13.6. The molecule has 9 heteroatoms. The minimum atomic E-state index is -0.806. The Morgan fingerprint density at radius 2 is 1.80 bits per heavy atom. The van der Waals surface area contributed by atoms with Crippen LogP contribution < -0.4 is 20.3 Å². The number of aryl methyl sites for hydroxylation is 2. The normalized spacial score (nSPS) is 11.9. The number of carbonyl (C=O) groups is 1. The smallest absolute Gasteiger partial charge is 0.295 e. The van der Waals surface area contributed by atoms with E-state index in [-0.39, 0.29) is 5.91 Å². The van der Waals surface area contributed by atoms with Gasteiger partial charge in [-0.25, -0.2) is 9.36 Å². The Bertz CT molecular complexity index is 1430. The van der Waals surface area contributed by atoms with Crippen molar-refractivity contribution in [3.05, 3.63) is 75.8 Å². The molecule has 2 aromatic carbocycles. The summed E-state index contributed by atoms with van der Waals surface area (Å²) in [7, 11) is 3.20. The third kappa shape index (κ3) is 4.62. The van der Waals surface area contributed by atoms with Gasteiger partial charge in [-0.05, 0) is 63.1 Å². The number of ether oxygens (including phenoxy) is 2. The third-order valence-corrected chi connectivity index (χ3v) is 6.07. The van der Waals surface area contributed by atoms with Crippen molar-refractivity contribution < 1.29 is 14.3 Å². The minimum Gasteiger partial charge on any atom is -0.497 e. The van der Waals surface area contributed by atoms with E-state index < -0.39 is 11.6 Å². The Morgan fingerprint density at radius 3 is 2.49 bits per heavy atom. The van der Waals surface area contributed by atoms with Crippen LogP contribution in [0.25, 0.3) is 16.6 Å². The summed E-state index contributed by atoms with van der Waals surface area (Å²) in [5, 5.41) is 12.6. The van der Waals surface area contributed by atoms with Crippen LogP contribution in [0.2, 0.25) is 0 Å². The first-order valence-electron chi connectivity index (χ1n) is 11.4. The van der Waals surface area contributed by atoms with Gasteiger partial charge in [-0.15, -0.1) is 0 Å². The number of aromatic nitrogens is 4. The van der Waals surface area contributed by atoms with Crippen LogP contribution in [0, 0.1) is 13.8 Å². The Balaban J connectivity index is 1.56. The average Bonchev–Trinajstić information content (AvgIpc) is 3.24. The lowest BCUT2D eigenvalue weighted by atomic mass is 10.1. The molecule has 1 N–H and O–H groups in total. The molecule has 35 heavy (non-hydrogen) atoms. The largest absolute Gasteiger partial charge is 0.497 e. The summed E-state index contributed by atoms with van der Waals surface area (Å²) in [6.07, 6.45) is 0.542. The molecule has 0 aliphatic heterocycles. The number of amides is 1. The van der Waals surface area contributed by atoms with Crippen LogP contribution in [0.3, 0.4) is 0 Å². The maximum atomic E-state index is 13.3. The van der Waals surface area contributed by atoms with Gasteiger partial charge in [0.25, 0.3) is 5.56 Å². The molecule has 0 aliphatic rings. The van der Waals surface area contributed by atoms with Gasteiger partial charge in [0.05, 0.1) is 36.7 Å². The van der Waals surface area contributed by atoms with E-state index in [0.717, 1.165) is 22.7 Å². The van der Waals surface area contributed by atoms with Crippen LogP contribution in [-0.4, -0.2) is 46.2 Å². The van der Waals surface area contributed by atoms with Crippen LogP contribution in [0.5, 0.6) is 11.5 Å². The van der Waals surface area contributed by atoms with Gasteiger partial charge in [0.15, 0.2) is 5.52 Å². The van der Waals surface area contributed by atoms with E-state index in [1.165, 1.54) is 4.68 Å². The first-order chi connectivity index (χ1) is 16.8. The zero-order valence-corrected chi connectivity index (χ0v) is 20.5. The number of fused-ring (bicyclic) bond motifs is 1. The molecule has 0 saturated heterocycles. The second-order valence-corrected chi connectivity index (χ2v) is 8.29. The van der Waals surface area contributed by atoms with Crippen molar-refractivity contribution in [1.82, 2.24) is 24.9 Å². The maximum Gasteiger partial charge on any atom is 0.295 e. The molecule has 182 valence electrons. The van der Waals surface area contributed by atoms with E-state index in [4.69, 9.17) is 9.47 Å². The fourth-order valence-corrected chi connectivity index (χ4v) is 4.19. The molecule has 9 nitrogen and oxygen atoms in total. The minimum absolute atomic E-state index is 0.291. The van der Waals surface area contributed by atoms with Crippen molar-refractivity contribution in [1.29, 1.82) is 0 Å². The van der Waals surface area contributed by atoms with E-state index in [0.29, 0.717) is 35.3 Å². The van der Waals surface area contributed by atoms with Crippen molar-refractivity contribution in [2.45, 2.75) is 33.2 Å². The molecule has 0 aliphatic carbocycles. The summed E-state index contributed by atoms with van der Waals surface area (Å²) in [4.78, 5) is 26.2. The molecule has 2 heterocycles. The van der Waals surface area contributed by atoms with Gasteiger partial charge in [-0.2, -0.15) is 10.2 Å². The highest BCUT2D eigenvalue weighted by molar-refractivity contribution is 5.84. The number of benzene rings is 2. The van der Waals surface area contributed by atoms with Gasteiger partial charge in [0.2, 0.25) is 5.91 Å². The highest BCUT2D eigenvalue weighted by Crippen LogP contribution is 2.24. The van der Waals surface area contributed by atoms with Crippen LogP contribution in [0.15, 0.2) is 53.3 Å². The van der Waals surface area contributed by atoms with Crippen LogP contribution in [-0.2, 0) is 11.2 Å².